The molecule has 2 aliphatic heterocycles. The maximum Gasteiger partial charge on any atom is 0.231 e. The van der Waals surface area contributed by atoms with Crippen LogP contribution in [0.4, 0.5) is 0 Å². The van der Waals surface area contributed by atoms with Gasteiger partial charge in [-0.15, -0.1) is 0 Å². The summed E-state index contributed by atoms with van der Waals surface area (Å²) in [4.78, 5) is 10.0. The van der Waals surface area contributed by atoms with E-state index in [-0.39, 0.29) is 6.10 Å². The molecular weight excluding hydrogens is 340 g/mol. The summed E-state index contributed by atoms with van der Waals surface area (Å²) in [7, 11) is 0. The highest BCUT2D eigenvalue weighted by molar-refractivity contribution is 6.01. The van der Waals surface area contributed by atoms with Crippen LogP contribution in [0.15, 0.2) is 72.0 Å². The van der Waals surface area contributed by atoms with Crippen molar-refractivity contribution in [1.82, 2.24) is 4.98 Å². The number of pyridine rings is 1. The SMILES string of the molecule is c1ccc(-c2ccc(C3=NO[C@H](Cc4ccc5c(c4)OCO5)C3)cc2)nc1. The summed E-state index contributed by atoms with van der Waals surface area (Å²) in [5.74, 6) is 1.60. The molecule has 0 saturated heterocycles. The van der Waals surface area contributed by atoms with E-state index in [1.165, 1.54) is 0 Å². The molecule has 0 fully saturated rings. The van der Waals surface area contributed by atoms with Crippen molar-refractivity contribution in [2.24, 2.45) is 5.16 Å². The number of fused-ring (bicyclic) bond motifs is 1. The number of nitrogens with zero attached hydrogens (tertiary/aromatic N) is 2. The van der Waals surface area contributed by atoms with Crippen LogP contribution in [0.2, 0.25) is 0 Å². The highest BCUT2D eigenvalue weighted by atomic mass is 16.7. The number of ether oxygens (including phenoxy) is 2. The third kappa shape index (κ3) is 3.24. The smallest absolute Gasteiger partial charge is 0.231 e. The molecule has 3 heterocycles. The predicted octanol–water partition coefficient (Wildman–Crippen LogP) is 4.21. The molecule has 0 saturated carbocycles. The number of benzene rings is 2. The molecule has 0 bridgehead atoms. The minimum Gasteiger partial charge on any atom is -0.454 e. The Balaban J connectivity index is 1.25. The first kappa shape index (κ1) is 15.9. The monoisotopic (exact) mass is 358 g/mol. The van der Waals surface area contributed by atoms with E-state index in [4.69, 9.17) is 14.3 Å². The average molecular weight is 358 g/mol. The molecule has 0 spiro atoms. The van der Waals surface area contributed by atoms with E-state index in [2.05, 4.69) is 40.5 Å². The van der Waals surface area contributed by atoms with Crippen LogP contribution in [0.25, 0.3) is 11.3 Å². The molecule has 0 unspecified atom stereocenters. The Labute approximate surface area is 157 Å². The molecule has 5 rings (SSSR count). The minimum absolute atomic E-state index is 0.0378. The molecule has 0 amide bonds. The normalized spacial score (nSPS) is 17.5. The maximum atomic E-state index is 5.66. The third-order valence-electron chi connectivity index (χ3n) is 4.81. The lowest BCUT2D eigenvalue weighted by Gasteiger charge is -2.09. The molecule has 2 aliphatic rings. The van der Waals surface area contributed by atoms with E-state index in [1.807, 2.05) is 30.3 Å². The zero-order valence-corrected chi connectivity index (χ0v) is 14.7. The quantitative estimate of drug-likeness (QED) is 0.701. The molecule has 5 heteroatoms. The van der Waals surface area contributed by atoms with Gasteiger partial charge in [-0.25, -0.2) is 0 Å². The fraction of sp³-hybridized carbons (Fsp3) is 0.182. The number of hydrogen-bond acceptors (Lipinski definition) is 5. The Kier molecular flexibility index (Phi) is 3.98. The van der Waals surface area contributed by atoms with Gasteiger partial charge in [0.15, 0.2) is 11.5 Å². The van der Waals surface area contributed by atoms with Crippen LogP contribution in [-0.4, -0.2) is 23.6 Å². The minimum atomic E-state index is 0.0378. The zero-order valence-electron chi connectivity index (χ0n) is 14.7. The molecule has 27 heavy (non-hydrogen) atoms. The summed E-state index contributed by atoms with van der Waals surface area (Å²) in [6, 6.07) is 20.2. The van der Waals surface area contributed by atoms with Gasteiger partial charge in [0.2, 0.25) is 6.79 Å². The predicted molar refractivity (Wildman–Crippen MR) is 102 cm³/mol. The molecule has 2 aromatic carbocycles. The van der Waals surface area contributed by atoms with Crippen molar-refractivity contribution in [2.75, 3.05) is 6.79 Å². The van der Waals surface area contributed by atoms with Crippen LogP contribution < -0.4 is 9.47 Å². The Morgan fingerprint density at radius 3 is 2.59 bits per heavy atom. The van der Waals surface area contributed by atoms with E-state index < -0.39 is 0 Å². The number of rotatable bonds is 4. The highest BCUT2D eigenvalue weighted by Gasteiger charge is 2.23. The molecule has 0 N–H and O–H groups in total. The van der Waals surface area contributed by atoms with E-state index in [0.717, 1.165) is 52.4 Å². The molecule has 0 radical (unpaired) electrons. The second kappa shape index (κ2) is 6.76. The second-order valence-electron chi connectivity index (χ2n) is 6.65. The number of oxime groups is 1. The fourth-order valence-corrected chi connectivity index (χ4v) is 3.41. The largest absolute Gasteiger partial charge is 0.454 e. The summed E-state index contributed by atoms with van der Waals surface area (Å²) in [6.07, 6.45) is 3.42. The van der Waals surface area contributed by atoms with E-state index in [0.29, 0.717) is 6.79 Å². The van der Waals surface area contributed by atoms with Crippen LogP contribution in [0.5, 0.6) is 11.5 Å². The summed E-state index contributed by atoms with van der Waals surface area (Å²) in [5, 5.41) is 4.30. The average Bonchev–Trinajstić information content (AvgIpc) is 3.38. The number of hydrogen-bond donors (Lipinski definition) is 0. The van der Waals surface area contributed by atoms with Gasteiger partial charge in [0.25, 0.3) is 0 Å². The summed E-state index contributed by atoms with van der Waals surface area (Å²) >= 11 is 0. The fourth-order valence-electron chi connectivity index (χ4n) is 3.41. The van der Waals surface area contributed by atoms with Gasteiger partial charge in [-0.3, -0.25) is 4.98 Å². The Morgan fingerprint density at radius 1 is 0.889 bits per heavy atom. The van der Waals surface area contributed by atoms with Crippen LogP contribution in [0, 0.1) is 0 Å². The lowest BCUT2D eigenvalue weighted by atomic mass is 9.99. The topological polar surface area (TPSA) is 52.9 Å². The molecule has 3 aromatic rings. The lowest BCUT2D eigenvalue weighted by molar-refractivity contribution is 0.0859. The maximum absolute atomic E-state index is 5.66. The Hall–Kier alpha value is -3.34. The van der Waals surface area contributed by atoms with Crippen LogP contribution in [-0.2, 0) is 11.3 Å². The zero-order chi connectivity index (χ0) is 18.1. The van der Waals surface area contributed by atoms with Crippen LogP contribution in [0.3, 0.4) is 0 Å². The molecule has 1 aromatic heterocycles. The van der Waals surface area contributed by atoms with E-state index in [1.54, 1.807) is 6.20 Å². The van der Waals surface area contributed by atoms with Crippen molar-refractivity contribution in [1.29, 1.82) is 0 Å². The second-order valence-corrected chi connectivity index (χ2v) is 6.65. The van der Waals surface area contributed by atoms with Gasteiger partial charge in [0, 0.05) is 24.6 Å². The van der Waals surface area contributed by atoms with Crippen LogP contribution >= 0.6 is 0 Å². The lowest BCUT2D eigenvalue weighted by Crippen LogP contribution is -2.11. The molecule has 0 aliphatic carbocycles. The summed E-state index contributed by atoms with van der Waals surface area (Å²) in [6.45, 7) is 0.292. The van der Waals surface area contributed by atoms with Crippen molar-refractivity contribution in [3.8, 4) is 22.8 Å². The van der Waals surface area contributed by atoms with Gasteiger partial charge in [-0.1, -0.05) is 41.6 Å². The Bertz CT molecular complexity index is 984. The highest BCUT2D eigenvalue weighted by Crippen LogP contribution is 2.33. The van der Waals surface area contributed by atoms with E-state index >= 15 is 0 Å². The molecule has 134 valence electrons. The standard InChI is InChI=1S/C22H18N2O3/c1-2-10-23-19(3-1)16-5-7-17(8-6-16)20-13-18(27-24-20)11-15-4-9-21-22(12-15)26-14-25-21/h1-10,12,18H,11,13-14H2/t18-/m1/s1. The van der Waals surface area contributed by atoms with Gasteiger partial charge in [0.05, 0.1) is 11.4 Å². The van der Waals surface area contributed by atoms with Crippen molar-refractivity contribution >= 4 is 5.71 Å². The van der Waals surface area contributed by atoms with E-state index in [9.17, 15) is 0 Å². The molecule has 1 atom stereocenters. The van der Waals surface area contributed by atoms with Gasteiger partial charge in [-0.05, 0) is 35.4 Å². The van der Waals surface area contributed by atoms with Gasteiger partial charge < -0.3 is 14.3 Å². The van der Waals surface area contributed by atoms with Crippen molar-refractivity contribution < 1.29 is 14.3 Å². The molecular formula is C22H18N2O3. The Morgan fingerprint density at radius 2 is 1.74 bits per heavy atom. The first-order valence-corrected chi connectivity index (χ1v) is 8.98. The summed E-state index contributed by atoms with van der Waals surface area (Å²) < 4.78 is 10.8. The van der Waals surface area contributed by atoms with Crippen molar-refractivity contribution in [3.05, 3.63) is 78.0 Å². The first-order valence-electron chi connectivity index (χ1n) is 8.98. The number of aromatic nitrogens is 1. The van der Waals surface area contributed by atoms with Gasteiger partial charge in [0.1, 0.15) is 6.10 Å². The first-order chi connectivity index (χ1) is 13.3. The van der Waals surface area contributed by atoms with Crippen molar-refractivity contribution in [3.63, 3.8) is 0 Å². The summed E-state index contributed by atoms with van der Waals surface area (Å²) in [5.41, 5.74) is 5.28. The molecule has 5 nitrogen and oxygen atoms in total. The van der Waals surface area contributed by atoms with Gasteiger partial charge >= 0.3 is 0 Å². The van der Waals surface area contributed by atoms with Crippen molar-refractivity contribution in [2.45, 2.75) is 18.9 Å². The van der Waals surface area contributed by atoms with Gasteiger partial charge in [-0.2, -0.15) is 0 Å². The third-order valence-corrected chi connectivity index (χ3v) is 4.81. The van der Waals surface area contributed by atoms with Crippen LogP contribution in [0.1, 0.15) is 17.5 Å².